The molecule has 3 unspecified atom stereocenters. The van der Waals surface area contributed by atoms with Crippen LogP contribution >= 0.6 is 0 Å². The lowest BCUT2D eigenvalue weighted by atomic mass is 10.0. The lowest BCUT2D eigenvalue weighted by Crippen LogP contribution is -2.49. The summed E-state index contributed by atoms with van der Waals surface area (Å²) in [6, 6.07) is 25.2. The van der Waals surface area contributed by atoms with Gasteiger partial charge in [-0.3, -0.25) is 14.4 Å². The van der Waals surface area contributed by atoms with Crippen LogP contribution in [0.2, 0.25) is 0 Å². The smallest absolute Gasteiger partial charge is 0.243 e. The number of nitrogens with two attached hydrogens (primary N) is 1. The van der Waals surface area contributed by atoms with Crippen LogP contribution in [0.15, 0.2) is 84.9 Å². The summed E-state index contributed by atoms with van der Waals surface area (Å²) in [5, 5.41) is 15.9. The van der Waals surface area contributed by atoms with E-state index in [1.807, 2.05) is 60.7 Å². The van der Waals surface area contributed by atoms with Crippen LogP contribution in [0.25, 0.3) is 0 Å². The van der Waals surface area contributed by atoms with Gasteiger partial charge < -0.3 is 26.2 Å². The van der Waals surface area contributed by atoms with E-state index in [4.69, 9.17) is 10.5 Å². The highest BCUT2D eigenvalue weighted by molar-refractivity contribution is 5.92. The minimum atomic E-state index is -0.901. The van der Waals surface area contributed by atoms with Gasteiger partial charge in [-0.2, -0.15) is 0 Å². The lowest BCUT2D eigenvalue weighted by molar-refractivity contribution is -0.128. The highest BCUT2D eigenvalue weighted by atomic mass is 16.5. The van der Waals surface area contributed by atoms with Crippen molar-refractivity contribution in [3.63, 3.8) is 0 Å². The van der Waals surface area contributed by atoms with Crippen molar-refractivity contribution in [3.05, 3.63) is 108 Å². The Morgan fingerprint density at radius 2 is 1.55 bits per heavy atom. The van der Waals surface area contributed by atoms with E-state index >= 15 is 0 Å². The molecule has 0 saturated heterocycles. The molecule has 3 aromatic carbocycles. The summed E-state index contributed by atoms with van der Waals surface area (Å²) in [7, 11) is 0. The number of rotatable bonds is 14. The maximum Gasteiger partial charge on any atom is 0.243 e. The molecular weight excluding hydrogens is 482 g/mol. The number of benzene rings is 3. The Balaban J connectivity index is 1.62. The first-order chi connectivity index (χ1) is 18.3. The molecule has 3 amide bonds. The van der Waals surface area contributed by atoms with Crippen LogP contribution in [0.5, 0.6) is 5.75 Å². The first kappa shape index (κ1) is 28.4. The van der Waals surface area contributed by atoms with Crippen LogP contribution in [-0.4, -0.2) is 35.4 Å². The van der Waals surface area contributed by atoms with Crippen molar-refractivity contribution >= 4 is 17.7 Å². The normalized spacial score (nSPS) is 13.1. The molecule has 1 radical (unpaired) electrons. The Morgan fingerprint density at radius 3 is 2.18 bits per heavy atom. The number of carbonyl (C=O) groups excluding carboxylic acids is 3. The van der Waals surface area contributed by atoms with E-state index in [0.29, 0.717) is 17.9 Å². The van der Waals surface area contributed by atoms with Crippen molar-refractivity contribution in [2.24, 2.45) is 11.7 Å². The number of primary amides is 1. The van der Waals surface area contributed by atoms with Crippen molar-refractivity contribution in [2.45, 2.75) is 38.5 Å². The number of carbonyl (C=O) groups is 3. The van der Waals surface area contributed by atoms with Crippen LogP contribution in [0, 0.1) is 12.3 Å². The summed E-state index contributed by atoms with van der Waals surface area (Å²) in [6.45, 7) is 2.05. The van der Waals surface area contributed by atoms with E-state index in [9.17, 15) is 19.5 Å². The van der Waals surface area contributed by atoms with Gasteiger partial charge in [-0.15, -0.1) is 0 Å². The molecule has 5 N–H and O–H groups in total. The number of ether oxygens (including phenoxy) is 1. The molecule has 0 aliphatic rings. The van der Waals surface area contributed by atoms with Gasteiger partial charge in [0.15, 0.2) is 0 Å². The minimum Gasteiger partial charge on any atom is -0.489 e. The number of amides is 3. The highest BCUT2D eigenvalue weighted by Gasteiger charge is 2.23. The summed E-state index contributed by atoms with van der Waals surface area (Å²) < 4.78 is 5.83. The predicted octanol–water partition coefficient (Wildman–Crippen LogP) is 2.86. The van der Waals surface area contributed by atoms with Gasteiger partial charge >= 0.3 is 0 Å². The van der Waals surface area contributed by atoms with E-state index in [2.05, 4.69) is 10.6 Å². The SMILES string of the molecule is CC(C[CH]C(=O)NC(Cc1ccc(OCc2ccccc2)cc1)C(=O)NCC(O)c1ccccc1)C(N)=O. The molecule has 3 aromatic rings. The summed E-state index contributed by atoms with van der Waals surface area (Å²) in [5.41, 5.74) is 7.81. The monoisotopic (exact) mass is 516 g/mol. The van der Waals surface area contributed by atoms with Gasteiger partial charge in [0.1, 0.15) is 18.4 Å². The topological polar surface area (TPSA) is 131 Å². The zero-order valence-electron chi connectivity index (χ0n) is 21.4. The van der Waals surface area contributed by atoms with Crippen molar-refractivity contribution in [1.29, 1.82) is 0 Å². The second-order valence-corrected chi connectivity index (χ2v) is 9.10. The van der Waals surface area contributed by atoms with Gasteiger partial charge in [0.05, 0.1) is 12.5 Å². The van der Waals surface area contributed by atoms with Crippen molar-refractivity contribution in [1.82, 2.24) is 10.6 Å². The third-order valence-corrected chi connectivity index (χ3v) is 6.04. The quantitative estimate of drug-likeness (QED) is 0.262. The molecule has 0 fully saturated rings. The van der Waals surface area contributed by atoms with Crippen LogP contribution in [0.3, 0.4) is 0 Å². The van der Waals surface area contributed by atoms with Crippen molar-refractivity contribution in [3.8, 4) is 5.75 Å². The third kappa shape index (κ3) is 9.37. The molecule has 0 aromatic heterocycles. The molecule has 38 heavy (non-hydrogen) atoms. The molecule has 0 aliphatic heterocycles. The molecule has 0 bridgehead atoms. The Bertz CT molecular complexity index is 1170. The zero-order valence-corrected chi connectivity index (χ0v) is 21.4. The van der Waals surface area contributed by atoms with Gasteiger partial charge in [0.25, 0.3) is 0 Å². The van der Waals surface area contributed by atoms with E-state index < -0.39 is 35.8 Å². The summed E-state index contributed by atoms with van der Waals surface area (Å²) in [4.78, 5) is 36.9. The Morgan fingerprint density at radius 1 is 0.921 bits per heavy atom. The Kier molecular flexibility index (Phi) is 10.9. The first-order valence-corrected chi connectivity index (χ1v) is 12.5. The second-order valence-electron chi connectivity index (χ2n) is 9.10. The maximum absolute atomic E-state index is 13.0. The second kappa shape index (κ2) is 14.5. The van der Waals surface area contributed by atoms with Crippen molar-refractivity contribution in [2.75, 3.05) is 6.54 Å². The fourth-order valence-corrected chi connectivity index (χ4v) is 3.65. The van der Waals surface area contributed by atoms with E-state index in [1.165, 1.54) is 6.42 Å². The molecule has 0 saturated carbocycles. The van der Waals surface area contributed by atoms with Crippen LogP contribution in [0.4, 0.5) is 0 Å². The first-order valence-electron chi connectivity index (χ1n) is 12.5. The molecule has 3 atom stereocenters. The van der Waals surface area contributed by atoms with Crippen LogP contribution in [0.1, 0.15) is 36.1 Å². The van der Waals surface area contributed by atoms with Crippen molar-refractivity contribution < 1.29 is 24.2 Å². The summed E-state index contributed by atoms with van der Waals surface area (Å²) >= 11 is 0. The number of aliphatic hydroxyl groups excluding tert-OH is 1. The van der Waals surface area contributed by atoms with Crippen LogP contribution in [-0.2, 0) is 27.4 Å². The third-order valence-electron chi connectivity index (χ3n) is 6.04. The average Bonchev–Trinajstić information content (AvgIpc) is 2.94. The molecule has 8 heteroatoms. The molecular formula is C30H34N3O5. The molecule has 3 rings (SSSR count). The summed E-state index contributed by atoms with van der Waals surface area (Å²) in [5.74, 6) is -1.24. The Hall–Kier alpha value is -4.17. The zero-order chi connectivity index (χ0) is 27.3. The fraction of sp³-hybridized carbons (Fsp3) is 0.267. The standard InChI is InChI=1S/C30H34N3O5/c1-21(29(31)36)12-17-28(35)33-26(30(37)32-19-27(34)24-10-6-3-7-11-24)18-22-13-15-25(16-14-22)38-20-23-8-4-2-5-9-23/h2-11,13-17,21,26-27,34H,12,18-20H2,1H3,(H2,31,36)(H,32,37)(H,33,35). The van der Waals surface area contributed by atoms with Gasteiger partial charge in [-0.25, -0.2) is 0 Å². The molecule has 0 heterocycles. The van der Waals surface area contributed by atoms with Gasteiger partial charge in [-0.05, 0) is 35.2 Å². The maximum atomic E-state index is 13.0. The fourth-order valence-electron chi connectivity index (χ4n) is 3.65. The van der Waals surface area contributed by atoms with Gasteiger partial charge in [0, 0.05) is 18.9 Å². The van der Waals surface area contributed by atoms with E-state index in [-0.39, 0.29) is 19.4 Å². The Labute approximate surface area is 223 Å². The van der Waals surface area contributed by atoms with Gasteiger partial charge in [0.2, 0.25) is 17.7 Å². The largest absolute Gasteiger partial charge is 0.489 e. The number of hydrogen-bond acceptors (Lipinski definition) is 5. The molecule has 199 valence electrons. The number of nitrogens with one attached hydrogen (secondary N) is 2. The van der Waals surface area contributed by atoms with E-state index in [0.717, 1.165) is 11.1 Å². The highest BCUT2D eigenvalue weighted by Crippen LogP contribution is 2.16. The van der Waals surface area contributed by atoms with E-state index in [1.54, 1.807) is 31.2 Å². The molecule has 8 nitrogen and oxygen atoms in total. The van der Waals surface area contributed by atoms with Crippen LogP contribution < -0.4 is 21.1 Å². The summed E-state index contributed by atoms with van der Waals surface area (Å²) in [6.07, 6.45) is 0.808. The molecule has 0 aliphatic carbocycles. The molecule has 0 spiro atoms. The lowest BCUT2D eigenvalue weighted by Gasteiger charge is -2.20. The number of aliphatic hydroxyl groups is 1. The predicted molar refractivity (Wildman–Crippen MR) is 145 cm³/mol. The van der Waals surface area contributed by atoms with Gasteiger partial charge in [-0.1, -0.05) is 79.7 Å². The number of hydrogen-bond donors (Lipinski definition) is 4. The average molecular weight is 517 g/mol. The minimum absolute atomic E-state index is 0.0100.